The van der Waals surface area contributed by atoms with E-state index in [9.17, 15) is 0 Å². The van der Waals surface area contributed by atoms with Crippen LogP contribution in [-0.4, -0.2) is 0 Å². The molecular weight excluding hydrogens is 491 g/mol. The van der Waals surface area contributed by atoms with Gasteiger partial charge in [-0.15, -0.1) is 0 Å². The number of benzene rings is 6. The molecule has 3 heteroatoms. The van der Waals surface area contributed by atoms with E-state index in [1.807, 2.05) is 6.07 Å². The van der Waals surface area contributed by atoms with Gasteiger partial charge in [0.15, 0.2) is 0 Å². The van der Waals surface area contributed by atoms with E-state index >= 15 is 0 Å². The van der Waals surface area contributed by atoms with Gasteiger partial charge in [-0.3, -0.25) is 0 Å². The highest BCUT2D eigenvalue weighted by molar-refractivity contribution is 7.49. The first kappa shape index (κ1) is 24.7. The second-order valence-corrected chi connectivity index (χ2v) is 10.6. The number of anilines is 4. The third kappa shape index (κ3) is 5.93. The molecule has 6 rings (SSSR count). The van der Waals surface area contributed by atoms with Crippen LogP contribution in [0, 0.1) is 0 Å². The minimum Gasteiger partial charge on any atom is -0.354 e. The van der Waals surface area contributed by atoms with E-state index in [2.05, 4.69) is 168 Å². The summed E-state index contributed by atoms with van der Waals surface area (Å²) in [6.07, 6.45) is 0. The first-order valence-corrected chi connectivity index (χ1v) is 14.1. The molecule has 0 fully saturated rings. The normalized spacial score (nSPS) is 11.0. The fourth-order valence-corrected chi connectivity index (χ4v) is 6.00. The van der Waals surface area contributed by atoms with Gasteiger partial charge >= 0.3 is 0 Å². The van der Waals surface area contributed by atoms with Gasteiger partial charge in [-0.2, -0.15) is 0 Å². The van der Waals surface area contributed by atoms with Crippen molar-refractivity contribution in [3.63, 3.8) is 0 Å². The van der Waals surface area contributed by atoms with Crippen molar-refractivity contribution in [3.8, 4) is 22.3 Å². The zero-order valence-electron chi connectivity index (χ0n) is 21.5. The zero-order valence-corrected chi connectivity index (χ0v) is 22.5. The van der Waals surface area contributed by atoms with E-state index in [1.165, 1.54) is 27.6 Å². The lowest BCUT2D eigenvalue weighted by Gasteiger charge is -2.28. The van der Waals surface area contributed by atoms with E-state index in [0.717, 1.165) is 22.7 Å². The molecule has 0 aromatic heterocycles. The molecule has 0 aliphatic heterocycles. The van der Waals surface area contributed by atoms with Gasteiger partial charge in [0.25, 0.3) is 0 Å². The van der Waals surface area contributed by atoms with E-state index in [0.29, 0.717) is 8.73 Å². The number of hydrogen-bond acceptors (Lipinski definition) is 2. The Labute approximate surface area is 232 Å². The quantitative estimate of drug-likeness (QED) is 0.201. The van der Waals surface area contributed by atoms with Crippen molar-refractivity contribution < 1.29 is 0 Å². The van der Waals surface area contributed by atoms with Crippen LogP contribution in [-0.2, 0) is 0 Å². The van der Waals surface area contributed by atoms with Gasteiger partial charge in [-0.1, -0.05) is 109 Å². The Kier molecular flexibility index (Phi) is 7.47. The Morgan fingerprint density at radius 3 is 1.51 bits per heavy atom. The van der Waals surface area contributed by atoms with Crippen LogP contribution in [0.2, 0.25) is 0 Å². The lowest BCUT2D eigenvalue weighted by molar-refractivity contribution is 1.41. The Bertz CT molecular complexity index is 1580. The molecule has 0 bridgehead atoms. The maximum absolute atomic E-state index is 3.65. The van der Waals surface area contributed by atoms with Crippen molar-refractivity contribution in [1.82, 2.24) is 0 Å². The second kappa shape index (κ2) is 11.8. The number of hydrogen-bond donors (Lipinski definition) is 1. The number of para-hydroxylation sites is 4. The van der Waals surface area contributed by atoms with Gasteiger partial charge in [0.05, 0.1) is 11.4 Å². The molecule has 188 valence electrons. The van der Waals surface area contributed by atoms with Gasteiger partial charge in [-0.05, 0) is 82.2 Å². The summed E-state index contributed by atoms with van der Waals surface area (Å²) in [6, 6.07) is 57.8. The Hall–Kier alpha value is -4.65. The molecule has 0 saturated heterocycles. The summed E-state index contributed by atoms with van der Waals surface area (Å²) in [4.78, 5) is 0. The molecule has 0 radical (unpaired) electrons. The topological polar surface area (TPSA) is 15.3 Å². The minimum atomic E-state index is 0.383. The molecule has 0 aliphatic carbocycles. The highest BCUT2D eigenvalue weighted by atomic mass is 31.1. The molecule has 1 atom stereocenters. The zero-order chi connectivity index (χ0) is 26.3. The molecular formula is C36H29N2P. The standard InChI is InChI=1S/C36H29N2P/c1-5-15-28(16-6-1)30-25-31(29-17-7-2-8-18-29)27-34(26-30)39-38(33-21-11-4-12-22-33)36-24-14-13-23-35(36)37-32-19-9-3-10-20-32/h1-27,37,39H. The SMILES string of the molecule is c1ccc(Nc2ccccc2N(Pc2cc(-c3ccccc3)cc(-c3ccccc3)c2)c2ccccc2)cc1. The van der Waals surface area contributed by atoms with Crippen molar-refractivity contribution in [3.05, 3.63) is 164 Å². The Morgan fingerprint density at radius 1 is 0.436 bits per heavy atom. The molecule has 1 N–H and O–H groups in total. The third-order valence-corrected chi connectivity index (χ3v) is 7.87. The summed E-state index contributed by atoms with van der Waals surface area (Å²) in [5.74, 6) is 0. The predicted molar refractivity (Wildman–Crippen MR) is 170 cm³/mol. The molecule has 6 aromatic rings. The van der Waals surface area contributed by atoms with Crippen molar-refractivity contribution >= 4 is 36.8 Å². The highest BCUT2D eigenvalue weighted by Gasteiger charge is 2.16. The maximum Gasteiger partial charge on any atom is 0.0684 e. The fraction of sp³-hybridized carbons (Fsp3) is 0. The average molecular weight is 521 g/mol. The fourth-order valence-electron chi connectivity index (χ4n) is 4.71. The van der Waals surface area contributed by atoms with Crippen LogP contribution in [0.5, 0.6) is 0 Å². The van der Waals surface area contributed by atoms with Crippen LogP contribution < -0.4 is 15.3 Å². The molecule has 0 heterocycles. The van der Waals surface area contributed by atoms with Gasteiger partial charge in [0.2, 0.25) is 0 Å². The smallest absolute Gasteiger partial charge is 0.0684 e. The van der Waals surface area contributed by atoms with Crippen LogP contribution in [0.3, 0.4) is 0 Å². The van der Waals surface area contributed by atoms with Gasteiger partial charge in [0, 0.05) is 20.1 Å². The molecule has 2 nitrogen and oxygen atoms in total. The van der Waals surface area contributed by atoms with Crippen LogP contribution in [0.1, 0.15) is 0 Å². The number of nitrogens with one attached hydrogen (secondary N) is 1. The van der Waals surface area contributed by atoms with Crippen LogP contribution in [0.4, 0.5) is 22.7 Å². The molecule has 1 unspecified atom stereocenters. The minimum absolute atomic E-state index is 0.383. The molecule has 0 amide bonds. The monoisotopic (exact) mass is 520 g/mol. The van der Waals surface area contributed by atoms with Gasteiger partial charge in [-0.25, -0.2) is 0 Å². The molecule has 0 spiro atoms. The third-order valence-electron chi connectivity index (χ3n) is 6.60. The Balaban J connectivity index is 1.45. The van der Waals surface area contributed by atoms with E-state index < -0.39 is 0 Å². The summed E-state index contributed by atoms with van der Waals surface area (Å²) in [6.45, 7) is 0. The van der Waals surface area contributed by atoms with E-state index in [-0.39, 0.29) is 0 Å². The number of nitrogens with zero attached hydrogens (tertiary/aromatic N) is 1. The van der Waals surface area contributed by atoms with Gasteiger partial charge in [0.1, 0.15) is 0 Å². The van der Waals surface area contributed by atoms with E-state index in [4.69, 9.17) is 0 Å². The van der Waals surface area contributed by atoms with Crippen molar-refractivity contribution in [2.75, 3.05) is 9.99 Å². The van der Waals surface area contributed by atoms with Crippen LogP contribution in [0.25, 0.3) is 22.3 Å². The first-order chi connectivity index (χ1) is 19.3. The van der Waals surface area contributed by atoms with Crippen LogP contribution >= 0.6 is 8.73 Å². The Morgan fingerprint density at radius 2 is 0.923 bits per heavy atom. The summed E-state index contributed by atoms with van der Waals surface area (Å²) in [5, 5.41) is 4.92. The summed E-state index contributed by atoms with van der Waals surface area (Å²) in [7, 11) is 0.383. The lowest BCUT2D eigenvalue weighted by Crippen LogP contribution is -2.13. The van der Waals surface area contributed by atoms with E-state index in [1.54, 1.807) is 0 Å². The number of rotatable bonds is 8. The summed E-state index contributed by atoms with van der Waals surface area (Å²) < 4.78 is 2.42. The molecule has 6 aromatic carbocycles. The van der Waals surface area contributed by atoms with Crippen molar-refractivity contribution in [2.45, 2.75) is 0 Å². The maximum atomic E-state index is 3.65. The largest absolute Gasteiger partial charge is 0.354 e. The van der Waals surface area contributed by atoms with Gasteiger partial charge < -0.3 is 9.99 Å². The summed E-state index contributed by atoms with van der Waals surface area (Å²) >= 11 is 0. The highest BCUT2D eigenvalue weighted by Crippen LogP contribution is 2.42. The summed E-state index contributed by atoms with van der Waals surface area (Å²) in [5.41, 5.74) is 9.33. The second-order valence-electron chi connectivity index (χ2n) is 9.32. The molecule has 39 heavy (non-hydrogen) atoms. The van der Waals surface area contributed by atoms with Crippen molar-refractivity contribution in [2.24, 2.45) is 0 Å². The first-order valence-electron chi connectivity index (χ1n) is 13.1. The molecule has 0 saturated carbocycles. The molecule has 0 aliphatic rings. The lowest BCUT2D eigenvalue weighted by atomic mass is 9.99. The predicted octanol–water partition coefficient (Wildman–Crippen LogP) is 9.82. The van der Waals surface area contributed by atoms with Crippen molar-refractivity contribution in [1.29, 1.82) is 0 Å². The average Bonchev–Trinajstić information content (AvgIpc) is 3.02. The van der Waals surface area contributed by atoms with Crippen LogP contribution in [0.15, 0.2) is 164 Å².